The van der Waals surface area contributed by atoms with Gasteiger partial charge in [-0.1, -0.05) is 48.5 Å². The van der Waals surface area contributed by atoms with E-state index in [1.165, 1.54) is 12.1 Å². The highest BCUT2D eigenvalue weighted by Gasteiger charge is 2.07. The highest BCUT2D eigenvalue weighted by Crippen LogP contribution is 2.20. The number of rotatable bonds is 11. The van der Waals surface area contributed by atoms with Crippen molar-refractivity contribution >= 4 is 23.4 Å². The zero-order valence-electron chi connectivity index (χ0n) is 15.8. The molecule has 2 aromatic rings. The molecule has 2 rings (SSSR count). The first-order valence-electron chi connectivity index (χ1n) is 8.88. The van der Waals surface area contributed by atoms with Crippen LogP contribution in [-0.2, 0) is 20.9 Å². The Morgan fingerprint density at radius 3 is 2.55 bits per heavy atom. The van der Waals surface area contributed by atoms with Gasteiger partial charge in [0.1, 0.15) is 18.2 Å². The second-order valence-electron chi connectivity index (χ2n) is 6.09. The third kappa shape index (κ3) is 8.76. The molecule has 0 saturated carbocycles. The number of benzene rings is 2. The van der Waals surface area contributed by atoms with E-state index in [1.54, 1.807) is 0 Å². The molecule has 0 bridgehead atoms. The predicted octanol–water partition coefficient (Wildman–Crippen LogP) is 3.21. The van der Waals surface area contributed by atoms with E-state index >= 15 is 0 Å². The molecule has 0 aromatic heterocycles. The second-order valence-corrected chi connectivity index (χ2v) is 6.50. The van der Waals surface area contributed by atoms with Crippen LogP contribution in [0.4, 0.5) is 4.39 Å². The summed E-state index contributed by atoms with van der Waals surface area (Å²) in [6, 6.07) is 13.4. The molecule has 0 aliphatic rings. The molecule has 0 fully saturated rings. The zero-order valence-corrected chi connectivity index (χ0v) is 16.5. The summed E-state index contributed by atoms with van der Waals surface area (Å²) in [5.41, 5.74) is 1.43. The van der Waals surface area contributed by atoms with Crippen LogP contribution in [-0.4, -0.2) is 31.6 Å². The number of ether oxygens (including phenoxy) is 2. The molecule has 0 aliphatic carbocycles. The average Bonchev–Trinajstić information content (AvgIpc) is 2.69. The number of hydrogen-bond donors (Lipinski definition) is 2. The van der Waals surface area contributed by atoms with Gasteiger partial charge in [0.25, 0.3) is 5.91 Å². The number of halogens is 2. The van der Waals surface area contributed by atoms with Crippen molar-refractivity contribution in [3.05, 3.63) is 77.2 Å². The lowest BCUT2D eigenvalue weighted by Gasteiger charge is -2.10. The molecule has 2 N–H and O–H groups in total. The van der Waals surface area contributed by atoms with E-state index in [4.69, 9.17) is 21.1 Å². The van der Waals surface area contributed by atoms with Crippen LogP contribution in [0.2, 0.25) is 5.02 Å². The van der Waals surface area contributed by atoms with E-state index in [1.807, 2.05) is 30.3 Å². The lowest BCUT2D eigenvalue weighted by molar-refractivity contribution is -0.125. The highest BCUT2D eigenvalue weighted by atomic mass is 35.5. The summed E-state index contributed by atoms with van der Waals surface area (Å²) in [5.74, 6) is -1.12. The molecule has 8 heteroatoms. The Morgan fingerprint density at radius 1 is 1.07 bits per heavy atom. The molecule has 6 nitrogen and oxygen atoms in total. The number of hydrogen-bond acceptors (Lipinski definition) is 4. The van der Waals surface area contributed by atoms with Gasteiger partial charge < -0.3 is 20.1 Å². The minimum absolute atomic E-state index is 0.0205. The maximum atomic E-state index is 13.3. The molecule has 154 valence electrons. The van der Waals surface area contributed by atoms with Crippen LogP contribution in [0.15, 0.2) is 60.8 Å². The minimum atomic E-state index is -0.621. The first kappa shape index (κ1) is 22.4. The van der Waals surface area contributed by atoms with Gasteiger partial charge >= 0.3 is 0 Å². The fourth-order valence-corrected chi connectivity index (χ4v) is 2.37. The van der Waals surface area contributed by atoms with E-state index < -0.39 is 5.82 Å². The third-order valence-corrected chi connectivity index (χ3v) is 3.98. The van der Waals surface area contributed by atoms with Gasteiger partial charge in [0, 0.05) is 24.7 Å². The van der Waals surface area contributed by atoms with Gasteiger partial charge in [-0.15, -0.1) is 0 Å². The summed E-state index contributed by atoms with van der Waals surface area (Å²) in [6.07, 6.45) is 0.353. The molecule has 0 unspecified atom stereocenters. The molecule has 0 saturated heterocycles. The molecule has 0 atom stereocenters. The van der Waals surface area contributed by atoms with Crippen LogP contribution < -0.4 is 15.4 Å². The Balaban J connectivity index is 1.56. The SMILES string of the molecule is C=C(CCNC(=O)COc1ccc(Cl)c(F)c1)NC(=O)COCc1ccccc1. The van der Waals surface area contributed by atoms with Crippen molar-refractivity contribution < 1.29 is 23.5 Å². The third-order valence-electron chi connectivity index (χ3n) is 3.67. The van der Waals surface area contributed by atoms with Gasteiger partial charge in [0.2, 0.25) is 5.91 Å². The van der Waals surface area contributed by atoms with Crippen molar-refractivity contribution in [2.75, 3.05) is 19.8 Å². The van der Waals surface area contributed by atoms with Crippen LogP contribution in [0, 0.1) is 5.82 Å². The molecule has 0 aliphatic heterocycles. The van der Waals surface area contributed by atoms with E-state index in [-0.39, 0.29) is 42.3 Å². The number of carbonyl (C=O) groups is 2. The standard InChI is InChI=1S/C21H22ClFN2O4/c1-15(25-21(27)13-28-12-16-5-3-2-4-6-16)9-10-24-20(26)14-29-17-7-8-18(22)19(23)11-17/h2-8,11H,1,9-10,12-14H2,(H,24,26)(H,25,27). The van der Waals surface area contributed by atoms with Crippen molar-refractivity contribution in [1.82, 2.24) is 10.6 Å². The number of nitrogens with one attached hydrogen (secondary N) is 2. The van der Waals surface area contributed by atoms with Crippen LogP contribution in [0.3, 0.4) is 0 Å². The summed E-state index contributed by atoms with van der Waals surface area (Å²) in [5, 5.41) is 5.21. The summed E-state index contributed by atoms with van der Waals surface area (Å²) in [4.78, 5) is 23.6. The largest absolute Gasteiger partial charge is 0.484 e. The molecule has 0 heterocycles. The van der Waals surface area contributed by atoms with Crippen LogP contribution in [0.5, 0.6) is 5.75 Å². The lowest BCUT2D eigenvalue weighted by atomic mass is 10.2. The van der Waals surface area contributed by atoms with Gasteiger partial charge in [0.15, 0.2) is 6.61 Å². The van der Waals surface area contributed by atoms with Crippen molar-refractivity contribution in [2.45, 2.75) is 13.0 Å². The number of carbonyl (C=O) groups excluding carboxylic acids is 2. The highest BCUT2D eigenvalue weighted by molar-refractivity contribution is 6.30. The summed E-state index contributed by atoms with van der Waals surface area (Å²) >= 11 is 5.58. The van der Waals surface area contributed by atoms with Gasteiger partial charge in [-0.25, -0.2) is 4.39 Å². The van der Waals surface area contributed by atoms with Gasteiger partial charge in [-0.2, -0.15) is 0 Å². The minimum Gasteiger partial charge on any atom is -0.484 e. The molecule has 2 aromatic carbocycles. The Hall–Kier alpha value is -2.90. The fraction of sp³-hybridized carbons (Fsp3) is 0.238. The van der Waals surface area contributed by atoms with Crippen LogP contribution in [0.1, 0.15) is 12.0 Å². The summed E-state index contributed by atoms with van der Waals surface area (Å²) < 4.78 is 23.8. The fourth-order valence-electron chi connectivity index (χ4n) is 2.25. The van der Waals surface area contributed by atoms with E-state index in [2.05, 4.69) is 17.2 Å². The number of amides is 2. The summed E-state index contributed by atoms with van der Waals surface area (Å²) in [6.45, 7) is 3.99. The molecule has 0 spiro atoms. The van der Waals surface area contributed by atoms with Crippen LogP contribution >= 0.6 is 11.6 Å². The predicted molar refractivity (Wildman–Crippen MR) is 108 cm³/mol. The summed E-state index contributed by atoms with van der Waals surface area (Å²) in [7, 11) is 0. The average molecular weight is 421 g/mol. The maximum Gasteiger partial charge on any atom is 0.257 e. The quantitative estimate of drug-likeness (QED) is 0.585. The van der Waals surface area contributed by atoms with Crippen molar-refractivity contribution in [2.24, 2.45) is 0 Å². The molecular weight excluding hydrogens is 399 g/mol. The van der Waals surface area contributed by atoms with E-state index in [0.29, 0.717) is 18.7 Å². The Labute approximate surface area is 173 Å². The van der Waals surface area contributed by atoms with Crippen LogP contribution in [0.25, 0.3) is 0 Å². The van der Waals surface area contributed by atoms with Gasteiger partial charge in [0.05, 0.1) is 11.6 Å². The topological polar surface area (TPSA) is 76.7 Å². The maximum absolute atomic E-state index is 13.3. The molecular formula is C21H22ClFN2O4. The van der Waals surface area contributed by atoms with E-state index in [0.717, 1.165) is 11.6 Å². The van der Waals surface area contributed by atoms with Crippen molar-refractivity contribution in [1.29, 1.82) is 0 Å². The van der Waals surface area contributed by atoms with E-state index in [9.17, 15) is 14.0 Å². The van der Waals surface area contributed by atoms with Gasteiger partial charge in [-0.05, 0) is 17.7 Å². The smallest absolute Gasteiger partial charge is 0.257 e. The monoisotopic (exact) mass is 420 g/mol. The zero-order chi connectivity index (χ0) is 21.1. The first-order valence-corrected chi connectivity index (χ1v) is 9.25. The lowest BCUT2D eigenvalue weighted by Crippen LogP contribution is -2.32. The first-order chi connectivity index (χ1) is 13.9. The van der Waals surface area contributed by atoms with Gasteiger partial charge in [-0.3, -0.25) is 9.59 Å². The van der Waals surface area contributed by atoms with Crippen molar-refractivity contribution in [3.63, 3.8) is 0 Å². The van der Waals surface area contributed by atoms with Crippen molar-refractivity contribution in [3.8, 4) is 5.75 Å². The Kier molecular flexibility index (Phi) is 9.14. The Bertz CT molecular complexity index is 846. The molecule has 0 radical (unpaired) electrons. The normalized spacial score (nSPS) is 10.3. The second kappa shape index (κ2) is 11.8. The molecule has 2 amide bonds. The Morgan fingerprint density at radius 2 is 1.83 bits per heavy atom. The molecule has 29 heavy (non-hydrogen) atoms.